The Hall–Kier alpha value is -1.49. The predicted molar refractivity (Wildman–Crippen MR) is 57.8 cm³/mol. The topological polar surface area (TPSA) is 109 Å². The van der Waals surface area contributed by atoms with Gasteiger partial charge < -0.3 is 5.73 Å². The van der Waals surface area contributed by atoms with Gasteiger partial charge in [-0.25, -0.2) is 18.1 Å². The molecule has 1 heterocycles. The molecule has 16 heavy (non-hydrogen) atoms. The highest BCUT2D eigenvalue weighted by Gasteiger charge is 2.20. The Labute approximate surface area is 94.2 Å². The summed E-state index contributed by atoms with van der Waals surface area (Å²) in [6, 6.07) is 4.13. The molecule has 0 fully saturated rings. The molecule has 0 bridgehead atoms. The van der Waals surface area contributed by atoms with Gasteiger partial charge in [-0.05, 0) is 19.1 Å². The van der Waals surface area contributed by atoms with E-state index in [1.165, 1.54) is 18.3 Å². The molecule has 1 aromatic rings. The van der Waals surface area contributed by atoms with E-state index < -0.39 is 16.1 Å². The SMILES string of the molecule is C[C@H](CN)NS(=O)(=O)c1cccnc1C#N. The third-order valence-electron chi connectivity index (χ3n) is 1.88. The molecule has 86 valence electrons. The van der Waals surface area contributed by atoms with Crippen LogP contribution in [0.25, 0.3) is 0 Å². The van der Waals surface area contributed by atoms with Crippen molar-refractivity contribution in [3.63, 3.8) is 0 Å². The summed E-state index contributed by atoms with van der Waals surface area (Å²) in [5.41, 5.74) is 5.19. The maximum absolute atomic E-state index is 11.8. The lowest BCUT2D eigenvalue weighted by Crippen LogP contribution is -2.38. The third kappa shape index (κ3) is 2.76. The molecular formula is C9H12N4O2S. The van der Waals surface area contributed by atoms with Crippen LogP contribution in [-0.4, -0.2) is 26.0 Å². The van der Waals surface area contributed by atoms with E-state index in [1.807, 2.05) is 0 Å². The minimum atomic E-state index is -3.73. The van der Waals surface area contributed by atoms with E-state index in [9.17, 15) is 8.42 Å². The van der Waals surface area contributed by atoms with Crippen LogP contribution >= 0.6 is 0 Å². The van der Waals surface area contributed by atoms with E-state index >= 15 is 0 Å². The fourth-order valence-electron chi connectivity index (χ4n) is 1.07. The largest absolute Gasteiger partial charge is 0.329 e. The van der Waals surface area contributed by atoms with Gasteiger partial charge in [0.15, 0.2) is 5.69 Å². The average molecular weight is 240 g/mol. The van der Waals surface area contributed by atoms with Crippen molar-refractivity contribution in [3.05, 3.63) is 24.0 Å². The van der Waals surface area contributed by atoms with Gasteiger partial charge >= 0.3 is 0 Å². The molecule has 7 heteroatoms. The van der Waals surface area contributed by atoms with Gasteiger partial charge in [-0.15, -0.1) is 0 Å². The van der Waals surface area contributed by atoms with Gasteiger partial charge in [0.2, 0.25) is 10.0 Å². The van der Waals surface area contributed by atoms with E-state index in [1.54, 1.807) is 13.0 Å². The number of hydrogen-bond acceptors (Lipinski definition) is 5. The van der Waals surface area contributed by atoms with Crippen molar-refractivity contribution in [2.45, 2.75) is 17.9 Å². The fraction of sp³-hybridized carbons (Fsp3) is 0.333. The van der Waals surface area contributed by atoms with Gasteiger partial charge in [-0.1, -0.05) is 0 Å². The van der Waals surface area contributed by atoms with Crippen molar-refractivity contribution in [2.75, 3.05) is 6.54 Å². The first kappa shape index (κ1) is 12.6. The molecule has 1 atom stereocenters. The normalized spacial score (nSPS) is 13.1. The van der Waals surface area contributed by atoms with Crippen LogP contribution in [0.15, 0.2) is 23.2 Å². The molecule has 0 saturated carbocycles. The molecule has 0 amide bonds. The molecule has 1 rings (SSSR count). The summed E-state index contributed by atoms with van der Waals surface area (Å²) in [6.45, 7) is 1.82. The maximum Gasteiger partial charge on any atom is 0.243 e. The van der Waals surface area contributed by atoms with Gasteiger partial charge in [-0.2, -0.15) is 5.26 Å². The van der Waals surface area contributed by atoms with Crippen LogP contribution in [0.1, 0.15) is 12.6 Å². The lowest BCUT2D eigenvalue weighted by molar-refractivity contribution is 0.562. The number of nitrogens with two attached hydrogens (primary N) is 1. The Morgan fingerprint density at radius 2 is 2.38 bits per heavy atom. The van der Waals surface area contributed by atoms with Gasteiger partial charge in [0, 0.05) is 18.8 Å². The van der Waals surface area contributed by atoms with Crippen molar-refractivity contribution in [1.82, 2.24) is 9.71 Å². The molecule has 0 radical (unpaired) electrons. The van der Waals surface area contributed by atoms with Crippen molar-refractivity contribution in [1.29, 1.82) is 5.26 Å². The number of nitrogens with zero attached hydrogens (tertiary/aromatic N) is 2. The molecule has 0 unspecified atom stereocenters. The predicted octanol–water partition coefficient (Wildman–Crippen LogP) is -0.421. The number of pyridine rings is 1. The first-order valence-corrected chi connectivity index (χ1v) is 6.07. The van der Waals surface area contributed by atoms with Gasteiger partial charge in [-0.3, -0.25) is 0 Å². The van der Waals surface area contributed by atoms with Crippen LogP contribution in [0.3, 0.4) is 0 Å². The molecule has 0 aliphatic heterocycles. The van der Waals surface area contributed by atoms with Crippen LogP contribution in [0, 0.1) is 11.3 Å². The molecule has 3 N–H and O–H groups in total. The second-order valence-electron chi connectivity index (χ2n) is 3.22. The van der Waals surface area contributed by atoms with Crippen LogP contribution < -0.4 is 10.5 Å². The standard InChI is InChI=1S/C9H12N4O2S/c1-7(5-10)13-16(14,15)9-3-2-4-12-8(9)6-11/h2-4,7,13H,5,10H2,1H3/t7-/m1/s1. The minimum absolute atomic E-state index is 0.126. The second-order valence-corrected chi connectivity index (χ2v) is 4.90. The highest BCUT2D eigenvalue weighted by Crippen LogP contribution is 2.11. The fourth-order valence-corrected chi connectivity index (χ4v) is 2.43. The summed E-state index contributed by atoms with van der Waals surface area (Å²) in [6.07, 6.45) is 1.37. The summed E-state index contributed by atoms with van der Waals surface area (Å²) in [4.78, 5) is 3.56. The maximum atomic E-state index is 11.8. The number of nitriles is 1. The van der Waals surface area contributed by atoms with Crippen LogP contribution in [0.4, 0.5) is 0 Å². The summed E-state index contributed by atoms with van der Waals surface area (Å²) in [5, 5.41) is 8.74. The van der Waals surface area contributed by atoms with E-state index in [-0.39, 0.29) is 17.1 Å². The molecule has 0 aromatic carbocycles. The monoisotopic (exact) mass is 240 g/mol. The molecule has 0 aliphatic carbocycles. The zero-order valence-corrected chi connectivity index (χ0v) is 9.53. The van der Waals surface area contributed by atoms with Gasteiger partial charge in [0.05, 0.1) is 0 Å². The molecule has 0 saturated heterocycles. The molecule has 6 nitrogen and oxygen atoms in total. The van der Waals surface area contributed by atoms with Crippen molar-refractivity contribution in [2.24, 2.45) is 5.73 Å². The number of aromatic nitrogens is 1. The Morgan fingerprint density at radius 1 is 1.69 bits per heavy atom. The minimum Gasteiger partial charge on any atom is -0.329 e. The van der Waals surface area contributed by atoms with Gasteiger partial charge in [0.1, 0.15) is 11.0 Å². The Bertz CT molecular complexity index is 506. The van der Waals surface area contributed by atoms with Gasteiger partial charge in [0.25, 0.3) is 0 Å². The molecule has 0 aliphatic rings. The van der Waals surface area contributed by atoms with Crippen molar-refractivity contribution >= 4 is 10.0 Å². The summed E-state index contributed by atoms with van der Waals surface area (Å²) >= 11 is 0. The second kappa shape index (κ2) is 5.03. The lowest BCUT2D eigenvalue weighted by atomic mass is 10.4. The van der Waals surface area contributed by atoms with E-state index in [4.69, 9.17) is 11.0 Å². The summed E-state index contributed by atoms with van der Waals surface area (Å²) < 4.78 is 26.0. The van der Waals surface area contributed by atoms with E-state index in [0.717, 1.165) is 0 Å². The Morgan fingerprint density at radius 3 is 2.94 bits per heavy atom. The van der Waals surface area contributed by atoms with Crippen LogP contribution in [0.2, 0.25) is 0 Å². The zero-order valence-electron chi connectivity index (χ0n) is 8.71. The van der Waals surface area contributed by atoms with Crippen molar-refractivity contribution < 1.29 is 8.42 Å². The van der Waals surface area contributed by atoms with Crippen LogP contribution in [-0.2, 0) is 10.0 Å². The quantitative estimate of drug-likeness (QED) is 0.742. The third-order valence-corrected chi connectivity index (χ3v) is 3.50. The lowest BCUT2D eigenvalue weighted by Gasteiger charge is -2.12. The molecular weight excluding hydrogens is 228 g/mol. The Kier molecular flexibility index (Phi) is 3.95. The van der Waals surface area contributed by atoms with Crippen molar-refractivity contribution in [3.8, 4) is 6.07 Å². The summed E-state index contributed by atoms with van der Waals surface area (Å²) in [5.74, 6) is 0. The molecule has 0 spiro atoms. The average Bonchev–Trinajstić information content (AvgIpc) is 2.28. The Balaban J connectivity index is 3.13. The highest BCUT2D eigenvalue weighted by atomic mass is 32.2. The smallest absolute Gasteiger partial charge is 0.243 e. The highest BCUT2D eigenvalue weighted by molar-refractivity contribution is 7.89. The molecule has 1 aromatic heterocycles. The zero-order chi connectivity index (χ0) is 12.2. The number of rotatable bonds is 4. The summed E-state index contributed by atoms with van der Waals surface area (Å²) in [7, 11) is -3.73. The first-order valence-electron chi connectivity index (χ1n) is 4.58. The number of nitrogens with one attached hydrogen (secondary N) is 1. The number of hydrogen-bond donors (Lipinski definition) is 2. The first-order chi connectivity index (χ1) is 7.51. The van der Waals surface area contributed by atoms with E-state index in [2.05, 4.69) is 9.71 Å². The van der Waals surface area contributed by atoms with E-state index in [0.29, 0.717) is 0 Å². The van der Waals surface area contributed by atoms with Crippen LogP contribution in [0.5, 0.6) is 0 Å². The number of sulfonamides is 1.